The molecule has 1 aromatic carbocycles. The van der Waals surface area contributed by atoms with E-state index in [2.05, 4.69) is 10.3 Å². The lowest BCUT2D eigenvalue weighted by Crippen LogP contribution is -2.43. The van der Waals surface area contributed by atoms with Gasteiger partial charge in [0.2, 0.25) is 5.91 Å². The first kappa shape index (κ1) is 13.4. The van der Waals surface area contributed by atoms with Crippen LogP contribution in [0.25, 0.3) is 0 Å². The van der Waals surface area contributed by atoms with Gasteiger partial charge in [0, 0.05) is 17.6 Å². The molecule has 0 bridgehead atoms. The Morgan fingerprint density at radius 2 is 2.38 bits per heavy atom. The number of thiazole rings is 1. The second kappa shape index (κ2) is 5.41. The minimum Gasteiger partial charge on any atom is -0.508 e. The van der Waals surface area contributed by atoms with Gasteiger partial charge in [0.25, 0.3) is 5.91 Å². The van der Waals surface area contributed by atoms with E-state index in [4.69, 9.17) is 4.74 Å². The van der Waals surface area contributed by atoms with E-state index in [1.165, 1.54) is 28.4 Å². The molecule has 1 aliphatic heterocycles. The fourth-order valence-electron chi connectivity index (χ4n) is 1.95. The normalized spacial score (nSPS) is 13.5. The number of carbonyl (C=O) groups is 2. The second-order valence-electron chi connectivity index (χ2n) is 4.31. The number of rotatable bonds is 3. The Balaban J connectivity index is 1.80. The molecule has 2 aromatic rings. The van der Waals surface area contributed by atoms with Crippen LogP contribution < -0.4 is 15.0 Å². The number of phenols is 1. The molecular formula is C13H11N3O4S. The van der Waals surface area contributed by atoms with Gasteiger partial charge in [0.05, 0.1) is 5.69 Å². The summed E-state index contributed by atoms with van der Waals surface area (Å²) in [6, 6.07) is 4.41. The zero-order chi connectivity index (χ0) is 14.8. The van der Waals surface area contributed by atoms with Crippen LogP contribution >= 0.6 is 11.3 Å². The average molecular weight is 305 g/mol. The summed E-state index contributed by atoms with van der Waals surface area (Å²) in [5, 5.41) is 14.3. The van der Waals surface area contributed by atoms with Crippen molar-refractivity contribution in [2.45, 2.75) is 0 Å². The van der Waals surface area contributed by atoms with Crippen molar-refractivity contribution >= 4 is 34.0 Å². The van der Waals surface area contributed by atoms with Crippen LogP contribution in [0.4, 0.5) is 10.8 Å². The van der Waals surface area contributed by atoms with Crippen molar-refractivity contribution < 1.29 is 19.4 Å². The average Bonchev–Trinajstić information content (AvgIpc) is 2.95. The lowest BCUT2D eigenvalue weighted by molar-refractivity contribution is -0.123. The minimum atomic E-state index is -0.366. The van der Waals surface area contributed by atoms with Gasteiger partial charge in [-0.2, -0.15) is 0 Å². The first-order chi connectivity index (χ1) is 10.1. The molecular weight excluding hydrogens is 294 g/mol. The number of benzene rings is 1. The maximum absolute atomic E-state index is 12.0. The number of fused-ring (bicyclic) bond motifs is 1. The van der Waals surface area contributed by atoms with Gasteiger partial charge in [-0.05, 0) is 12.1 Å². The standard InChI is InChI=1S/C13H11N3O4S/c17-8-1-2-10-9(5-8)16(12(19)7-20-10)6-11(18)15-13-14-3-4-21-13/h1-5,17H,6-7H2,(H,14,15,18). The number of aromatic nitrogens is 1. The molecule has 0 atom stereocenters. The van der Waals surface area contributed by atoms with E-state index in [1.54, 1.807) is 17.6 Å². The van der Waals surface area contributed by atoms with E-state index < -0.39 is 0 Å². The molecule has 108 valence electrons. The molecule has 1 aliphatic rings. The maximum Gasteiger partial charge on any atom is 0.265 e. The third-order valence-electron chi connectivity index (χ3n) is 2.87. The highest BCUT2D eigenvalue weighted by atomic mass is 32.1. The van der Waals surface area contributed by atoms with Crippen LogP contribution in [0.5, 0.6) is 11.5 Å². The smallest absolute Gasteiger partial charge is 0.265 e. The van der Waals surface area contributed by atoms with Crippen LogP contribution in [-0.2, 0) is 9.59 Å². The predicted octanol–water partition coefficient (Wildman–Crippen LogP) is 1.21. The maximum atomic E-state index is 12.0. The largest absolute Gasteiger partial charge is 0.508 e. The highest BCUT2D eigenvalue weighted by Crippen LogP contribution is 2.34. The topological polar surface area (TPSA) is 91.8 Å². The van der Waals surface area contributed by atoms with Crippen LogP contribution in [0.3, 0.4) is 0 Å². The Bertz CT molecular complexity index is 687. The predicted molar refractivity (Wildman–Crippen MR) is 76.7 cm³/mol. The van der Waals surface area contributed by atoms with Crippen LogP contribution in [0.2, 0.25) is 0 Å². The van der Waals surface area contributed by atoms with Crippen molar-refractivity contribution in [2.75, 3.05) is 23.4 Å². The van der Waals surface area contributed by atoms with Crippen LogP contribution in [0.1, 0.15) is 0 Å². The molecule has 0 fully saturated rings. The number of phenolic OH excluding ortho intramolecular Hbond substituents is 1. The molecule has 0 saturated carbocycles. The molecule has 7 nitrogen and oxygen atoms in total. The van der Waals surface area contributed by atoms with Gasteiger partial charge in [-0.1, -0.05) is 0 Å². The number of ether oxygens (including phenoxy) is 1. The lowest BCUT2D eigenvalue weighted by Gasteiger charge is -2.28. The van der Waals surface area contributed by atoms with Gasteiger partial charge in [0.15, 0.2) is 11.7 Å². The summed E-state index contributed by atoms with van der Waals surface area (Å²) in [7, 11) is 0. The quantitative estimate of drug-likeness (QED) is 0.889. The van der Waals surface area contributed by atoms with Crippen molar-refractivity contribution in [3.63, 3.8) is 0 Å². The summed E-state index contributed by atoms with van der Waals surface area (Å²) < 4.78 is 5.26. The number of aromatic hydroxyl groups is 1. The van der Waals surface area contributed by atoms with Gasteiger partial charge >= 0.3 is 0 Å². The summed E-state index contributed by atoms with van der Waals surface area (Å²) >= 11 is 1.29. The summed E-state index contributed by atoms with van der Waals surface area (Å²) in [4.78, 5) is 29.1. The molecule has 0 saturated heterocycles. The van der Waals surface area contributed by atoms with Crippen molar-refractivity contribution in [1.29, 1.82) is 0 Å². The van der Waals surface area contributed by atoms with E-state index in [0.717, 1.165) is 0 Å². The first-order valence-corrected chi connectivity index (χ1v) is 6.97. The second-order valence-corrected chi connectivity index (χ2v) is 5.20. The molecule has 2 N–H and O–H groups in total. The number of hydrogen-bond acceptors (Lipinski definition) is 6. The highest BCUT2D eigenvalue weighted by molar-refractivity contribution is 7.13. The molecule has 0 radical (unpaired) electrons. The molecule has 0 spiro atoms. The minimum absolute atomic E-state index is 0.00242. The highest BCUT2D eigenvalue weighted by Gasteiger charge is 2.27. The number of nitrogens with zero attached hydrogens (tertiary/aromatic N) is 2. The number of nitrogens with one attached hydrogen (secondary N) is 1. The van der Waals surface area contributed by atoms with Gasteiger partial charge < -0.3 is 15.2 Å². The van der Waals surface area contributed by atoms with Gasteiger partial charge in [-0.3, -0.25) is 14.5 Å². The molecule has 8 heteroatoms. The number of hydrogen-bond donors (Lipinski definition) is 2. The molecule has 3 rings (SSSR count). The van der Waals surface area contributed by atoms with E-state index in [0.29, 0.717) is 16.6 Å². The Morgan fingerprint density at radius 1 is 1.52 bits per heavy atom. The summed E-state index contributed by atoms with van der Waals surface area (Å²) in [5.74, 6) is -0.260. The number of anilines is 2. The third-order valence-corrected chi connectivity index (χ3v) is 3.55. The summed E-state index contributed by atoms with van der Waals surface area (Å²) in [6.45, 7) is -0.305. The van der Waals surface area contributed by atoms with Crippen molar-refractivity contribution in [3.05, 3.63) is 29.8 Å². The third kappa shape index (κ3) is 2.79. The fourth-order valence-corrected chi connectivity index (χ4v) is 2.50. The molecule has 0 aliphatic carbocycles. The van der Waals surface area contributed by atoms with Crippen molar-refractivity contribution in [2.24, 2.45) is 0 Å². The van der Waals surface area contributed by atoms with Crippen molar-refractivity contribution in [1.82, 2.24) is 4.98 Å². The molecule has 21 heavy (non-hydrogen) atoms. The van der Waals surface area contributed by atoms with E-state index in [9.17, 15) is 14.7 Å². The van der Waals surface area contributed by atoms with E-state index >= 15 is 0 Å². The Hall–Kier alpha value is -2.61. The van der Waals surface area contributed by atoms with Gasteiger partial charge in [0.1, 0.15) is 18.0 Å². The van der Waals surface area contributed by atoms with Crippen LogP contribution in [-0.4, -0.2) is 35.1 Å². The monoisotopic (exact) mass is 305 g/mol. The Morgan fingerprint density at radius 3 is 3.14 bits per heavy atom. The molecule has 0 unspecified atom stereocenters. The van der Waals surface area contributed by atoms with E-state index in [-0.39, 0.29) is 30.7 Å². The lowest BCUT2D eigenvalue weighted by atomic mass is 10.2. The van der Waals surface area contributed by atoms with Gasteiger partial charge in [-0.25, -0.2) is 4.98 Å². The molecule has 1 aromatic heterocycles. The summed E-state index contributed by atoms with van der Waals surface area (Å²) in [5.41, 5.74) is 0.375. The Kier molecular flexibility index (Phi) is 3.44. The van der Waals surface area contributed by atoms with Crippen molar-refractivity contribution in [3.8, 4) is 11.5 Å². The van der Waals surface area contributed by atoms with Gasteiger partial charge in [-0.15, -0.1) is 11.3 Å². The molecule has 2 heterocycles. The molecule has 2 amide bonds. The first-order valence-electron chi connectivity index (χ1n) is 6.09. The Labute approximate surface area is 123 Å². The van der Waals surface area contributed by atoms with Crippen LogP contribution in [0, 0.1) is 0 Å². The zero-order valence-electron chi connectivity index (χ0n) is 10.8. The van der Waals surface area contributed by atoms with Crippen LogP contribution in [0.15, 0.2) is 29.8 Å². The SMILES string of the molecule is O=C(CN1C(=O)COc2ccc(O)cc21)Nc1nccs1. The fraction of sp³-hybridized carbons (Fsp3) is 0.154. The van der Waals surface area contributed by atoms with E-state index in [1.807, 2.05) is 0 Å². The zero-order valence-corrected chi connectivity index (χ0v) is 11.6. The number of carbonyl (C=O) groups excluding carboxylic acids is 2. The number of amides is 2. The summed E-state index contributed by atoms with van der Waals surface area (Å²) in [6.07, 6.45) is 1.58.